The van der Waals surface area contributed by atoms with E-state index in [1.165, 1.54) is 19.2 Å². The summed E-state index contributed by atoms with van der Waals surface area (Å²) in [7, 11) is 1.36. The first-order valence-corrected chi connectivity index (χ1v) is 8.86. The number of hydrogen-bond donors (Lipinski definition) is 1. The highest BCUT2D eigenvalue weighted by Crippen LogP contribution is 2.25. The second-order valence-corrected chi connectivity index (χ2v) is 6.22. The molecule has 0 saturated heterocycles. The van der Waals surface area contributed by atoms with Gasteiger partial charge in [0.05, 0.1) is 18.5 Å². The second kappa shape index (κ2) is 9.10. The summed E-state index contributed by atoms with van der Waals surface area (Å²) in [5.74, 6) is 0.608. The van der Waals surface area contributed by atoms with Gasteiger partial charge in [0.15, 0.2) is 0 Å². The third kappa shape index (κ3) is 5.14. The first-order chi connectivity index (χ1) is 13.5. The van der Waals surface area contributed by atoms with Crippen LogP contribution in [-0.4, -0.2) is 24.1 Å². The second-order valence-electron chi connectivity index (χ2n) is 6.22. The number of carbonyl (C=O) groups excluding carboxylic acids is 1. The van der Waals surface area contributed by atoms with Gasteiger partial charge < -0.3 is 9.47 Å². The lowest BCUT2D eigenvalue weighted by atomic mass is 10.1. The highest BCUT2D eigenvalue weighted by Gasteiger charge is 2.12. The molecule has 0 spiro atoms. The van der Waals surface area contributed by atoms with E-state index < -0.39 is 6.04 Å². The van der Waals surface area contributed by atoms with Gasteiger partial charge in [0.25, 0.3) is 0 Å². The Labute approximate surface area is 163 Å². The normalized spacial score (nSPS) is 11.7. The van der Waals surface area contributed by atoms with Crippen molar-refractivity contribution in [1.82, 2.24) is 10.3 Å². The third-order valence-corrected chi connectivity index (χ3v) is 4.15. The molecule has 2 aromatic carbocycles. The lowest BCUT2D eigenvalue weighted by molar-refractivity contribution is -0.142. The fourth-order valence-corrected chi connectivity index (χ4v) is 2.59. The Morgan fingerprint density at radius 1 is 1.04 bits per heavy atom. The molecule has 3 rings (SSSR count). The van der Waals surface area contributed by atoms with Crippen LogP contribution in [0, 0.1) is 5.82 Å². The lowest BCUT2D eigenvalue weighted by Gasteiger charge is -2.12. The van der Waals surface area contributed by atoms with Crippen LogP contribution >= 0.6 is 0 Å². The molecule has 0 aliphatic heterocycles. The first-order valence-electron chi connectivity index (χ1n) is 8.86. The molecule has 0 bridgehead atoms. The molecule has 1 atom stereocenters. The number of benzene rings is 2. The van der Waals surface area contributed by atoms with Crippen molar-refractivity contribution >= 4 is 5.97 Å². The van der Waals surface area contributed by atoms with Crippen LogP contribution in [-0.2, 0) is 16.1 Å². The predicted molar refractivity (Wildman–Crippen MR) is 104 cm³/mol. The molecule has 0 radical (unpaired) electrons. The number of halogens is 1. The summed E-state index contributed by atoms with van der Waals surface area (Å²) >= 11 is 0. The number of rotatable bonds is 7. The summed E-state index contributed by atoms with van der Waals surface area (Å²) in [5.41, 5.74) is 2.58. The van der Waals surface area contributed by atoms with Gasteiger partial charge in [0, 0.05) is 12.1 Å². The maximum Gasteiger partial charge on any atom is 0.322 e. The van der Waals surface area contributed by atoms with Gasteiger partial charge in [0.2, 0.25) is 0 Å². The lowest BCUT2D eigenvalue weighted by Crippen LogP contribution is -2.34. The molecule has 28 heavy (non-hydrogen) atoms. The van der Waals surface area contributed by atoms with Crippen molar-refractivity contribution in [3.63, 3.8) is 0 Å². The fraction of sp³-hybridized carbons (Fsp3) is 0.182. The van der Waals surface area contributed by atoms with E-state index >= 15 is 0 Å². The average molecular weight is 380 g/mol. The highest BCUT2D eigenvalue weighted by atomic mass is 19.1. The van der Waals surface area contributed by atoms with Gasteiger partial charge in [-0.05, 0) is 67.6 Å². The fourth-order valence-electron chi connectivity index (χ4n) is 2.59. The zero-order chi connectivity index (χ0) is 19.9. The third-order valence-electron chi connectivity index (χ3n) is 4.15. The number of nitrogens with one attached hydrogen (secondary N) is 1. The largest absolute Gasteiger partial charge is 0.468 e. The molecule has 1 N–H and O–H groups in total. The Morgan fingerprint density at radius 3 is 2.32 bits per heavy atom. The quantitative estimate of drug-likeness (QED) is 0.618. The SMILES string of the molecule is COC(=O)[C@H](C)NCc1cccc(-c2ccc(Oc3ccc(F)cc3)cc2)n1. The van der Waals surface area contributed by atoms with Crippen LogP contribution in [0.25, 0.3) is 11.3 Å². The molecule has 0 saturated carbocycles. The summed E-state index contributed by atoms with van der Waals surface area (Å²) < 4.78 is 23.4. The monoisotopic (exact) mass is 380 g/mol. The molecule has 5 nitrogen and oxygen atoms in total. The first kappa shape index (κ1) is 19.5. The predicted octanol–water partition coefficient (Wildman–Crippen LogP) is 4.33. The number of esters is 1. The molecule has 0 fully saturated rings. The summed E-state index contributed by atoms with van der Waals surface area (Å²) in [5, 5.41) is 3.08. The van der Waals surface area contributed by atoms with E-state index in [0.717, 1.165) is 17.0 Å². The summed E-state index contributed by atoms with van der Waals surface area (Å²) in [6, 6.07) is 18.7. The van der Waals surface area contributed by atoms with E-state index in [-0.39, 0.29) is 11.8 Å². The zero-order valence-corrected chi connectivity index (χ0v) is 15.7. The Balaban J connectivity index is 1.66. The molecule has 0 amide bonds. The molecule has 3 aromatic rings. The number of nitrogens with zero attached hydrogens (tertiary/aromatic N) is 1. The van der Waals surface area contributed by atoms with Gasteiger partial charge in [-0.3, -0.25) is 15.1 Å². The average Bonchev–Trinajstić information content (AvgIpc) is 2.74. The van der Waals surface area contributed by atoms with Crippen molar-refractivity contribution in [3.8, 4) is 22.8 Å². The van der Waals surface area contributed by atoms with E-state index in [0.29, 0.717) is 18.0 Å². The van der Waals surface area contributed by atoms with Crippen LogP contribution in [0.15, 0.2) is 66.7 Å². The molecule has 0 unspecified atom stereocenters. The van der Waals surface area contributed by atoms with E-state index in [1.54, 1.807) is 19.1 Å². The van der Waals surface area contributed by atoms with Crippen LogP contribution in [0.3, 0.4) is 0 Å². The minimum atomic E-state index is -0.404. The molecular weight excluding hydrogens is 359 g/mol. The van der Waals surface area contributed by atoms with E-state index in [4.69, 9.17) is 9.47 Å². The maximum absolute atomic E-state index is 13.0. The molecule has 1 heterocycles. The van der Waals surface area contributed by atoms with Gasteiger partial charge >= 0.3 is 5.97 Å². The van der Waals surface area contributed by atoms with Crippen molar-refractivity contribution in [2.45, 2.75) is 19.5 Å². The number of methoxy groups -OCH3 is 1. The number of pyridine rings is 1. The van der Waals surface area contributed by atoms with Crippen molar-refractivity contribution in [2.75, 3.05) is 7.11 Å². The van der Waals surface area contributed by atoms with Gasteiger partial charge in [-0.15, -0.1) is 0 Å². The highest BCUT2D eigenvalue weighted by molar-refractivity contribution is 5.75. The number of ether oxygens (including phenoxy) is 2. The van der Waals surface area contributed by atoms with Gasteiger partial charge in [-0.2, -0.15) is 0 Å². The van der Waals surface area contributed by atoms with E-state index in [1.807, 2.05) is 42.5 Å². The summed E-state index contributed by atoms with van der Waals surface area (Å²) in [4.78, 5) is 16.1. The van der Waals surface area contributed by atoms with E-state index in [9.17, 15) is 9.18 Å². The maximum atomic E-state index is 13.0. The Hall–Kier alpha value is -3.25. The van der Waals surface area contributed by atoms with Gasteiger partial charge in [0.1, 0.15) is 23.4 Å². The number of hydrogen-bond acceptors (Lipinski definition) is 5. The van der Waals surface area contributed by atoms with Crippen LogP contribution in [0.4, 0.5) is 4.39 Å². The molecule has 0 aliphatic rings. The minimum Gasteiger partial charge on any atom is -0.468 e. The van der Waals surface area contributed by atoms with Crippen molar-refractivity contribution < 1.29 is 18.7 Å². The van der Waals surface area contributed by atoms with Crippen molar-refractivity contribution in [2.24, 2.45) is 0 Å². The van der Waals surface area contributed by atoms with Crippen LogP contribution in [0.2, 0.25) is 0 Å². The number of carbonyl (C=O) groups is 1. The Morgan fingerprint density at radius 2 is 1.68 bits per heavy atom. The smallest absolute Gasteiger partial charge is 0.322 e. The van der Waals surface area contributed by atoms with Crippen LogP contribution in [0.1, 0.15) is 12.6 Å². The summed E-state index contributed by atoms with van der Waals surface area (Å²) in [6.45, 7) is 2.20. The minimum absolute atomic E-state index is 0.302. The van der Waals surface area contributed by atoms with Crippen molar-refractivity contribution in [3.05, 3.63) is 78.2 Å². The molecule has 144 valence electrons. The molecule has 0 aliphatic carbocycles. The molecular formula is C22H21FN2O3. The van der Waals surface area contributed by atoms with Gasteiger partial charge in [-0.1, -0.05) is 6.07 Å². The zero-order valence-electron chi connectivity index (χ0n) is 15.7. The van der Waals surface area contributed by atoms with Crippen molar-refractivity contribution in [1.29, 1.82) is 0 Å². The standard InChI is InChI=1S/C22H21FN2O3/c1-15(22(26)27-2)24-14-18-4-3-5-21(25-18)16-6-10-19(11-7-16)28-20-12-8-17(23)9-13-20/h3-13,15,24H,14H2,1-2H3/t15-/m0/s1. The Kier molecular flexibility index (Phi) is 6.34. The van der Waals surface area contributed by atoms with Crippen LogP contribution < -0.4 is 10.1 Å². The van der Waals surface area contributed by atoms with Gasteiger partial charge in [-0.25, -0.2) is 4.39 Å². The summed E-state index contributed by atoms with van der Waals surface area (Å²) in [6.07, 6.45) is 0. The van der Waals surface area contributed by atoms with Crippen LogP contribution in [0.5, 0.6) is 11.5 Å². The number of aromatic nitrogens is 1. The molecule has 1 aromatic heterocycles. The molecule has 6 heteroatoms. The van der Waals surface area contributed by atoms with E-state index in [2.05, 4.69) is 10.3 Å². The topological polar surface area (TPSA) is 60.5 Å². The Bertz CT molecular complexity index is 927.